The first-order valence-electron chi connectivity index (χ1n) is 20.6. The van der Waals surface area contributed by atoms with Crippen LogP contribution in [0.1, 0.15) is 84.6 Å². The number of hydrogen-bond acceptors (Lipinski definition) is 14. The van der Waals surface area contributed by atoms with Crippen LogP contribution in [0.2, 0.25) is 0 Å². The van der Waals surface area contributed by atoms with Crippen molar-refractivity contribution in [1.29, 1.82) is 0 Å². The highest BCUT2D eigenvalue weighted by Gasteiger charge is 2.26. The average molecular weight is 896 g/mol. The fourth-order valence-corrected chi connectivity index (χ4v) is 6.34. The fraction of sp³-hybridized carbons (Fsp3) is 0.600. The molecule has 0 aliphatic carbocycles. The van der Waals surface area contributed by atoms with E-state index in [2.05, 4.69) is 26.0 Å². The lowest BCUT2D eigenvalue weighted by Crippen LogP contribution is -2.51. The molecule has 2 atom stereocenters. The molecule has 346 valence electrons. The number of benzene rings is 1. The maximum absolute atomic E-state index is 12.8. The van der Waals surface area contributed by atoms with Crippen molar-refractivity contribution in [3.05, 3.63) is 42.0 Å². The van der Waals surface area contributed by atoms with Crippen LogP contribution >= 0.6 is 0 Å². The van der Waals surface area contributed by atoms with Crippen molar-refractivity contribution < 1.29 is 65.7 Å². The van der Waals surface area contributed by atoms with Crippen molar-refractivity contribution in [2.45, 2.75) is 91.7 Å². The molecule has 22 heteroatoms. The molecule has 0 radical (unpaired) electrons. The van der Waals surface area contributed by atoms with Gasteiger partial charge in [-0.15, -0.1) is 0 Å². The zero-order chi connectivity index (χ0) is 45.9. The minimum atomic E-state index is -4.28. The van der Waals surface area contributed by atoms with Crippen LogP contribution in [0.3, 0.4) is 0 Å². The van der Waals surface area contributed by atoms with E-state index in [0.717, 1.165) is 23.3 Å². The standard InChI is InChI=1S/C40H61N7O14S/c1-5-11-30(6-2)38(53)61-27-29-13-15-31(16-14-29)44-33(49)26-42-37(52)36(28(3)4)45-39(54)60-25-24-58-23-20-43-62(56,57)46-40(55)59-22-10-19-41-32(48)12-8-7-9-21-47-34(50)17-18-35(47)51/h13-18,28,30,36,43H,5-12,19-27H2,1-4H3,(H,41,48)(H,42,52)(H,44,49)(H,45,54)(H,46,55). The zero-order valence-electron chi connectivity index (χ0n) is 35.8. The highest BCUT2D eigenvalue weighted by atomic mass is 32.2. The molecule has 1 aliphatic rings. The number of alkyl carbamates (subject to hydrolysis) is 1. The molecule has 2 rings (SSSR count). The molecule has 0 bridgehead atoms. The van der Waals surface area contributed by atoms with Crippen molar-refractivity contribution in [1.82, 2.24) is 30.3 Å². The molecule has 6 N–H and O–H groups in total. The molecule has 1 aliphatic heterocycles. The molecule has 1 aromatic rings. The molecule has 1 aromatic carbocycles. The first-order chi connectivity index (χ1) is 29.5. The van der Waals surface area contributed by atoms with Crippen LogP contribution in [0.4, 0.5) is 15.3 Å². The number of hydrogen-bond donors (Lipinski definition) is 6. The highest BCUT2D eigenvalue weighted by molar-refractivity contribution is 7.88. The van der Waals surface area contributed by atoms with Gasteiger partial charge >= 0.3 is 28.4 Å². The molecule has 7 amide bonds. The summed E-state index contributed by atoms with van der Waals surface area (Å²) >= 11 is 0. The Morgan fingerprint density at radius 3 is 2.11 bits per heavy atom. The summed E-state index contributed by atoms with van der Waals surface area (Å²) in [5.74, 6) is -2.77. The Labute approximate surface area is 362 Å². The molecule has 0 saturated carbocycles. The number of carbonyl (C=O) groups is 8. The monoisotopic (exact) mass is 895 g/mol. The minimum Gasteiger partial charge on any atom is -0.461 e. The lowest BCUT2D eigenvalue weighted by Gasteiger charge is -2.21. The second-order valence-electron chi connectivity index (χ2n) is 14.4. The largest absolute Gasteiger partial charge is 0.461 e. The number of carbonyl (C=O) groups excluding carboxylic acids is 8. The Balaban J connectivity index is 1.52. The Morgan fingerprint density at radius 2 is 1.45 bits per heavy atom. The second kappa shape index (κ2) is 28.8. The van der Waals surface area contributed by atoms with Crippen LogP contribution in [0.25, 0.3) is 0 Å². The summed E-state index contributed by atoms with van der Waals surface area (Å²) in [5.41, 5.74) is 1.22. The van der Waals surface area contributed by atoms with Crippen LogP contribution in [0.5, 0.6) is 0 Å². The number of unbranched alkanes of at least 4 members (excludes halogenated alkanes) is 2. The van der Waals surface area contributed by atoms with Gasteiger partial charge in [0.05, 0.1) is 32.3 Å². The molecule has 1 heterocycles. The van der Waals surface area contributed by atoms with Gasteiger partial charge in [0.25, 0.3) is 11.8 Å². The van der Waals surface area contributed by atoms with Gasteiger partial charge in [-0.1, -0.05) is 52.7 Å². The maximum atomic E-state index is 12.8. The van der Waals surface area contributed by atoms with Crippen LogP contribution in [-0.4, -0.2) is 120 Å². The van der Waals surface area contributed by atoms with Crippen molar-refractivity contribution in [2.75, 3.05) is 57.9 Å². The van der Waals surface area contributed by atoms with E-state index in [1.807, 2.05) is 13.8 Å². The van der Waals surface area contributed by atoms with Crippen LogP contribution in [0.15, 0.2) is 36.4 Å². The van der Waals surface area contributed by atoms with E-state index < -0.39 is 40.3 Å². The summed E-state index contributed by atoms with van der Waals surface area (Å²) in [6.45, 7) is 6.66. The second-order valence-corrected chi connectivity index (χ2v) is 15.9. The molecule has 0 aromatic heterocycles. The molecule has 62 heavy (non-hydrogen) atoms. The number of rotatable bonds is 30. The third-order valence-corrected chi connectivity index (χ3v) is 10.0. The average Bonchev–Trinajstić information content (AvgIpc) is 3.55. The Bertz CT molecular complexity index is 1770. The number of imide groups is 1. The van der Waals surface area contributed by atoms with Gasteiger partial charge in [-0.2, -0.15) is 13.1 Å². The SMILES string of the molecule is CCCC(CC)C(=O)OCc1ccc(NC(=O)CNC(=O)C(NC(=O)OCCOCCNS(=O)(=O)NC(=O)OCCCNC(=O)CCCCCN2C(=O)C=CC2=O)C(C)C)cc1. The molecule has 0 spiro atoms. The van der Waals surface area contributed by atoms with E-state index in [1.54, 1.807) is 42.8 Å². The van der Waals surface area contributed by atoms with Gasteiger partial charge in [0.1, 0.15) is 19.3 Å². The van der Waals surface area contributed by atoms with E-state index >= 15 is 0 Å². The van der Waals surface area contributed by atoms with Gasteiger partial charge in [-0.3, -0.25) is 33.7 Å². The van der Waals surface area contributed by atoms with E-state index in [0.29, 0.717) is 37.9 Å². The zero-order valence-corrected chi connectivity index (χ0v) is 36.6. The van der Waals surface area contributed by atoms with E-state index in [1.165, 1.54) is 12.2 Å². The van der Waals surface area contributed by atoms with Gasteiger partial charge in [0, 0.05) is 43.9 Å². The van der Waals surface area contributed by atoms with Gasteiger partial charge in [0.2, 0.25) is 17.7 Å². The third-order valence-electron chi connectivity index (χ3n) is 9.01. The number of amides is 7. The molecular weight excluding hydrogens is 835 g/mol. The quantitative estimate of drug-likeness (QED) is 0.0279. The number of esters is 1. The maximum Gasteiger partial charge on any atom is 0.421 e. The summed E-state index contributed by atoms with van der Waals surface area (Å²) in [7, 11) is -4.28. The van der Waals surface area contributed by atoms with Crippen LogP contribution < -0.4 is 30.7 Å². The van der Waals surface area contributed by atoms with E-state index in [4.69, 9.17) is 18.9 Å². The van der Waals surface area contributed by atoms with E-state index in [9.17, 15) is 46.8 Å². The Hall–Kier alpha value is -5.61. The molecule has 2 unspecified atom stereocenters. The molecular formula is C40H61N7O14S. The minimum absolute atomic E-state index is 0.113. The molecule has 0 saturated heterocycles. The van der Waals surface area contributed by atoms with Crippen LogP contribution in [-0.2, 0) is 64.5 Å². The van der Waals surface area contributed by atoms with Gasteiger partial charge < -0.3 is 40.2 Å². The van der Waals surface area contributed by atoms with Crippen molar-refractivity contribution >= 4 is 63.6 Å². The lowest BCUT2D eigenvalue weighted by molar-refractivity contribution is -0.150. The Morgan fingerprint density at radius 1 is 0.758 bits per heavy atom. The van der Waals surface area contributed by atoms with Crippen molar-refractivity contribution in [3.8, 4) is 0 Å². The number of nitrogens with one attached hydrogen (secondary N) is 6. The van der Waals surface area contributed by atoms with E-state index in [-0.39, 0.29) is 101 Å². The third kappa shape index (κ3) is 21.8. The summed E-state index contributed by atoms with van der Waals surface area (Å²) in [6.07, 6.45) is 4.91. The predicted octanol–water partition coefficient (Wildman–Crippen LogP) is 1.93. The van der Waals surface area contributed by atoms with Gasteiger partial charge in [-0.25, -0.2) is 14.3 Å². The topological polar surface area (TPSA) is 283 Å². The normalized spacial score (nSPS) is 13.3. The van der Waals surface area contributed by atoms with Crippen LogP contribution in [0, 0.1) is 11.8 Å². The first-order valence-corrected chi connectivity index (χ1v) is 22.1. The number of ether oxygens (including phenoxy) is 4. The number of anilines is 1. The number of nitrogens with zero attached hydrogens (tertiary/aromatic N) is 1. The summed E-state index contributed by atoms with van der Waals surface area (Å²) in [6, 6.07) is 5.70. The summed E-state index contributed by atoms with van der Waals surface area (Å²) in [5, 5.41) is 10.2. The fourth-order valence-electron chi connectivity index (χ4n) is 5.64. The highest BCUT2D eigenvalue weighted by Crippen LogP contribution is 2.16. The smallest absolute Gasteiger partial charge is 0.421 e. The summed E-state index contributed by atoms with van der Waals surface area (Å²) < 4.78 is 48.5. The van der Waals surface area contributed by atoms with Gasteiger partial charge in [0.15, 0.2) is 0 Å². The molecule has 21 nitrogen and oxygen atoms in total. The Kier molecular flexibility index (Phi) is 24.4. The summed E-state index contributed by atoms with van der Waals surface area (Å²) in [4.78, 5) is 97.9. The molecule has 0 fully saturated rings. The van der Waals surface area contributed by atoms with Crippen molar-refractivity contribution in [2.24, 2.45) is 11.8 Å². The lowest BCUT2D eigenvalue weighted by atomic mass is 10.0. The predicted molar refractivity (Wildman–Crippen MR) is 224 cm³/mol. The first kappa shape index (κ1) is 52.5. The van der Waals surface area contributed by atoms with Gasteiger partial charge in [-0.05, 0) is 55.7 Å². The van der Waals surface area contributed by atoms with Crippen molar-refractivity contribution in [3.63, 3.8) is 0 Å².